The quantitative estimate of drug-likeness (QED) is 0.896. The third-order valence-electron chi connectivity index (χ3n) is 3.70. The van der Waals surface area contributed by atoms with Crippen molar-refractivity contribution in [1.82, 2.24) is 9.97 Å². The molecule has 1 aliphatic carbocycles. The summed E-state index contributed by atoms with van der Waals surface area (Å²) in [6, 6.07) is 8.11. The molecule has 2 N–H and O–H groups in total. The van der Waals surface area contributed by atoms with Crippen LogP contribution in [0.1, 0.15) is 36.3 Å². The van der Waals surface area contributed by atoms with Crippen LogP contribution in [-0.2, 0) is 6.54 Å². The Morgan fingerprint density at radius 1 is 1.06 bits per heavy atom. The van der Waals surface area contributed by atoms with Gasteiger partial charge in [0.25, 0.3) is 0 Å². The first kappa shape index (κ1) is 11.4. The van der Waals surface area contributed by atoms with Crippen LogP contribution < -0.4 is 5.73 Å². The number of nitrogens with zero attached hydrogens (tertiary/aromatic N) is 2. The zero-order valence-electron chi connectivity index (χ0n) is 10.3. The van der Waals surface area contributed by atoms with Gasteiger partial charge in [0.15, 0.2) is 5.82 Å². The van der Waals surface area contributed by atoms with Crippen molar-refractivity contribution in [2.45, 2.75) is 31.7 Å². The molecule has 0 aliphatic heterocycles. The Hall–Kier alpha value is -1.74. The molecule has 3 nitrogen and oxygen atoms in total. The molecule has 1 fully saturated rings. The minimum Gasteiger partial charge on any atom is -0.326 e. The highest BCUT2D eigenvalue weighted by Gasteiger charge is 2.19. The number of nitrogens with two attached hydrogens (primary N) is 1. The molecule has 1 aliphatic rings. The second kappa shape index (κ2) is 4.86. The Morgan fingerprint density at radius 3 is 2.22 bits per heavy atom. The summed E-state index contributed by atoms with van der Waals surface area (Å²) in [5.74, 6) is 1.49. The van der Waals surface area contributed by atoms with E-state index in [0.717, 1.165) is 17.0 Å². The zero-order valence-corrected chi connectivity index (χ0v) is 10.3. The molecular weight excluding hydrogens is 222 g/mol. The normalized spacial score (nSPS) is 15.4. The van der Waals surface area contributed by atoms with Crippen molar-refractivity contribution >= 4 is 0 Å². The van der Waals surface area contributed by atoms with Crippen molar-refractivity contribution in [2.24, 2.45) is 5.73 Å². The van der Waals surface area contributed by atoms with Crippen LogP contribution in [0.2, 0.25) is 0 Å². The molecule has 0 spiro atoms. The summed E-state index contributed by atoms with van der Waals surface area (Å²) >= 11 is 0. The van der Waals surface area contributed by atoms with Gasteiger partial charge in [0.1, 0.15) is 0 Å². The molecule has 0 saturated heterocycles. The van der Waals surface area contributed by atoms with Crippen molar-refractivity contribution in [2.75, 3.05) is 0 Å². The minimum absolute atomic E-state index is 0.571. The van der Waals surface area contributed by atoms with E-state index in [-0.39, 0.29) is 0 Å². The van der Waals surface area contributed by atoms with Crippen LogP contribution in [0.25, 0.3) is 11.4 Å². The van der Waals surface area contributed by atoms with Gasteiger partial charge < -0.3 is 5.73 Å². The molecule has 18 heavy (non-hydrogen) atoms. The third-order valence-corrected chi connectivity index (χ3v) is 3.70. The summed E-state index contributed by atoms with van der Waals surface area (Å²) in [7, 11) is 0. The number of hydrogen-bond acceptors (Lipinski definition) is 3. The van der Waals surface area contributed by atoms with Crippen LogP contribution in [0.4, 0.5) is 0 Å². The average Bonchev–Trinajstić information content (AvgIpc) is 2.38. The van der Waals surface area contributed by atoms with E-state index in [4.69, 9.17) is 5.73 Å². The van der Waals surface area contributed by atoms with Crippen LogP contribution in [0.5, 0.6) is 0 Å². The van der Waals surface area contributed by atoms with Gasteiger partial charge in [-0.05, 0) is 29.9 Å². The Morgan fingerprint density at radius 2 is 1.72 bits per heavy atom. The first-order valence-electron chi connectivity index (χ1n) is 6.48. The lowest BCUT2D eigenvalue weighted by atomic mass is 9.81. The molecule has 0 amide bonds. The fourth-order valence-corrected chi connectivity index (χ4v) is 2.23. The number of rotatable bonds is 3. The van der Waals surface area contributed by atoms with Gasteiger partial charge in [0.05, 0.1) is 0 Å². The highest BCUT2D eigenvalue weighted by molar-refractivity contribution is 5.55. The summed E-state index contributed by atoms with van der Waals surface area (Å²) in [6.45, 7) is 0.571. The van der Waals surface area contributed by atoms with Crippen molar-refractivity contribution in [3.05, 3.63) is 47.8 Å². The fourth-order valence-electron chi connectivity index (χ4n) is 2.23. The fraction of sp³-hybridized carbons (Fsp3) is 0.333. The summed E-state index contributed by atoms with van der Waals surface area (Å²) < 4.78 is 0. The lowest BCUT2D eigenvalue weighted by Gasteiger charge is -2.24. The van der Waals surface area contributed by atoms with Gasteiger partial charge in [-0.1, -0.05) is 30.7 Å². The maximum Gasteiger partial charge on any atom is 0.159 e. The molecule has 1 aromatic heterocycles. The van der Waals surface area contributed by atoms with E-state index in [1.807, 2.05) is 36.7 Å². The van der Waals surface area contributed by atoms with E-state index >= 15 is 0 Å². The summed E-state index contributed by atoms with van der Waals surface area (Å²) in [6.07, 6.45) is 7.86. The van der Waals surface area contributed by atoms with Gasteiger partial charge in [-0.3, -0.25) is 0 Å². The Bertz CT molecular complexity index is 512. The van der Waals surface area contributed by atoms with E-state index in [2.05, 4.69) is 9.97 Å². The summed E-state index contributed by atoms with van der Waals surface area (Å²) in [4.78, 5) is 8.93. The van der Waals surface area contributed by atoms with Crippen LogP contribution >= 0.6 is 0 Å². The molecule has 2 aromatic rings. The van der Waals surface area contributed by atoms with Crippen LogP contribution in [-0.4, -0.2) is 9.97 Å². The second-order valence-corrected chi connectivity index (χ2v) is 4.87. The Balaban J connectivity index is 1.82. The predicted molar refractivity (Wildman–Crippen MR) is 72.0 cm³/mol. The molecular formula is C15H17N3. The standard InChI is InChI=1S/C15H17N3/c16-8-11-4-6-13(7-5-11)15-17-9-14(10-18-15)12-2-1-3-12/h4-7,9-10,12H,1-3,8,16H2. The van der Waals surface area contributed by atoms with Gasteiger partial charge in [0, 0.05) is 24.5 Å². The first-order valence-corrected chi connectivity index (χ1v) is 6.48. The Labute approximate surface area is 107 Å². The smallest absolute Gasteiger partial charge is 0.159 e. The van der Waals surface area contributed by atoms with Crippen molar-refractivity contribution in [1.29, 1.82) is 0 Å². The lowest BCUT2D eigenvalue weighted by Crippen LogP contribution is -2.09. The molecule has 0 unspecified atom stereocenters. The number of benzene rings is 1. The molecule has 1 aromatic carbocycles. The monoisotopic (exact) mass is 239 g/mol. The van der Waals surface area contributed by atoms with E-state index in [9.17, 15) is 0 Å². The van der Waals surface area contributed by atoms with Gasteiger partial charge in [-0.15, -0.1) is 0 Å². The predicted octanol–water partition coefficient (Wildman–Crippen LogP) is 2.87. The maximum atomic E-state index is 5.58. The second-order valence-electron chi connectivity index (χ2n) is 4.87. The highest BCUT2D eigenvalue weighted by Crippen LogP contribution is 2.35. The van der Waals surface area contributed by atoms with E-state index in [1.165, 1.54) is 24.8 Å². The van der Waals surface area contributed by atoms with Crippen LogP contribution in [0.15, 0.2) is 36.7 Å². The maximum absolute atomic E-state index is 5.58. The molecule has 0 radical (unpaired) electrons. The molecule has 0 atom stereocenters. The topological polar surface area (TPSA) is 51.8 Å². The summed E-state index contributed by atoms with van der Waals surface area (Å²) in [5, 5.41) is 0. The van der Waals surface area contributed by atoms with E-state index < -0.39 is 0 Å². The van der Waals surface area contributed by atoms with E-state index in [0.29, 0.717) is 12.5 Å². The summed E-state index contributed by atoms with van der Waals surface area (Å²) in [5.41, 5.74) is 9.04. The molecule has 3 rings (SSSR count). The molecule has 3 heteroatoms. The average molecular weight is 239 g/mol. The molecule has 0 bridgehead atoms. The Kier molecular flexibility index (Phi) is 3.07. The molecule has 1 saturated carbocycles. The number of hydrogen-bond donors (Lipinski definition) is 1. The largest absolute Gasteiger partial charge is 0.326 e. The van der Waals surface area contributed by atoms with Crippen LogP contribution in [0.3, 0.4) is 0 Å². The highest BCUT2D eigenvalue weighted by atomic mass is 14.9. The first-order chi connectivity index (χ1) is 8.86. The van der Waals surface area contributed by atoms with Crippen LogP contribution in [0, 0.1) is 0 Å². The third kappa shape index (κ3) is 2.14. The lowest BCUT2D eigenvalue weighted by molar-refractivity contribution is 0.418. The van der Waals surface area contributed by atoms with Gasteiger partial charge in [-0.2, -0.15) is 0 Å². The van der Waals surface area contributed by atoms with Gasteiger partial charge >= 0.3 is 0 Å². The molecule has 1 heterocycles. The van der Waals surface area contributed by atoms with Gasteiger partial charge in [-0.25, -0.2) is 9.97 Å². The van der Waals surface area contributed by atoms with Gasteiger partial charge in [0.2, 0.25) is 0 Å². The van der Waals surface area contributed by atoms with Crippen molar-refractivity contribution in [3.8, 4) is 11.4 Å². The van der Waals surface area contributed by atoms with E-state index in [1.54, 1.807) is 0 Å². The van der Waals surface area contributed by atoms with Crippen molar-refractivity contribution in [3.63, 3.8) is 0 Å². The zero-order chi connectivity index (χ0) is 12.4. The minimum atomic E-state index is 0.571. The molecule has 92 valence electrons. The SMILES string of the molecule is NCc1ccc(-c2ncc(C3CCC3)cn2)cc1. The van der Waals surface area contributed by atoms with Crippen molar-refractivity contribution < 1.29 is 0 Å². The number of aromatic nitrogens is 2.